The molecule has 5 nitrogen and oxygen atoms in total. The number of nitrogens with zero attached hydrogens (tertiary/aromatic N) is 1. The van der Waals surface area contributed by atoms with Gasteiger partial charge < -0.3 is 10.2 Å². The van der Waals surface area contributed by atoms with E-state index in [2.05, 4.69) is 14.9 Å². The van der Waals surface area contributed by atoms with Crippen molar-refractivity contribution in [2.75, 3.05) is 25.0 Å². The molecule has 2 rings (SSSR count). The van der Waals surface area contributed by atoms with Crippen molar-refractivity contribution in [3.05, 3.63) is 24.3 Å². The zero-order valence-electron chi connectivity index (χ0n) is 11.6. The highest BCUT2D eigenvalue weighted by molar-refractivity contribution is 7.89. The fourth-order valence-electron chi connectivity index (χ4n) is 2.00. The molecule has 0 aromatic heterocycles. The van der Waals surface area contributed by atoms with Crippen LogP contribution in [0.1, 0.15) is 13.8 Å². The highest BCUT2D eigenvalue weighted by Gasteiger charge is 2.22. The van der Waals surface area contributed by atoms with Gasteiger partial charge >= 0.3 is 0 Å². The molecule has 1 aromatic rings. The number of benzene rings is 1. The molecule has 0 saturated carbocycles. The largest absolute Gasteiger partial charge is 0.369 e. The molecule has 19 heavy (non-hydrogen) atoms. The molecule has 106 valence electrons. The van der Waals surface area contributed by atoms with Crippen molar-refractivity contribution in [1.82, 2.24) is 10.0 Å². The summed E-state index contributed by atoms with van der Waals surface area (Å²) < 4.78 is 26.6. The van der Waals surface area contributed by atoms with E-state index in [4.69, 9.17) is 0 Å². The Labute approximate surface area is 115 Å². The lowest BCUT2D eigenvalue weighted by atomic mass is 10.1. The van der Waals surface area contributed by atoms with Crippen molar-refractivity contribution in [2.45, 2.75) is 30.8 Å². The molecule has 1 saturated heterocycles. The number of hydrogen-bond donors (Lipinski definition) is 2. The summed E-state index contributed by atoms with van der Waals surface area (Å²) in [7, 11) is -1.37. The van der Waals surface area contributed by atoms with Gasteiger partial charge in [-0.15, -0.1) is 0 Å². The van der Waals surface area contributed by atoms with Crippen LogP contribution in [0.3, 0.4) is 0 Å². The predicted molar refractivity (Wildman–Crippen MR) is 77.0 cm³/mol. The van der Waals surface area contributed by atoms with Crippen LogP contribution in [-0.2, 0) is 10.0 Å². The average Bonchev–Trinajstić information content (AvgIpc) is 2.25. The molecule has 0 spiro atoms. The number of rotatable bonds is 5. The fourth-order valence-corrected chi connectivity index (χ4v) is 3.25. The second kappa shape index (κ2) is 5.48. The maximum absolute atomic E-state index is 12.0. The lowest BCUT2D eigenvalue weighted by Crippen LogP contribution is -2.56. The third-order valence-electron chi connectivity index (χ3n) is 3.25. The summed E-state index contributed by atoms with van der Waals surface area (Å²) in [5.74, 6) is 0. The number of sulfonamides is 1. The van der Waals surface area contributed by atoms with Gasteiger partial charge in [-0.2, -0.15) is 0 Å². The molecule has 0 atom stereocenters. The monoisotopic (exact) mass is 283 g/mol. The summed E-state index contributed by atoms with van der Waals surface area (Å²) in [6.45, 7) is 5.57. The summed E-state index contributed by atoms with van der Waals surface area (Å²) in [5, 5.41) is 3.22. The van der Waals surface area contributed by atoms with E-state index in [1.165, 1.54) is 0 Å². The van der Waals surface area contributed by atoms with Crippen LogP contribution in [0.4, 0.5) is 5.69 Å². The van der Waals surface area contributed by atoms with Crippen LogP contribution in [0.15, 0.2) is 29.2 Å². The molecule has 0 aliphatic carbocycles. The number of nitrogens with one attached hydrogen (secondary N) is 2. The summed E-state index contributed by atoms with van der Waals surface area (Å²) in [5.41, 5.74) is 1.04. The van der Waals surface area contributed by atoms with Crippen molar-refractivity contribution in [1.29, 1.82) is 0 Å². The standard InChI is InChI=1S/C13H21N3O2S/c1-10(2)15-19(17,18)13-6-4-11(5-7-13)16(3)12-8-14-9-12/h4-7,10,12,14-15H,8-9H2,1-3H3. The Morgan fingerprint density at radius 1 is 1.26 bits per heavy atom. The van der Waals surface area contributed by atoms with Crippen molar-refractivity contribution in [3.63, 3.8) is 0 Å². The lowest BCUT2D eigenvalue weighted by molar-refractivity contribution is 0.428. The van der Waals surface area contributed by atoms with Crippen LogP contribution in [0.2, 0.25) is 0 Å². The van der Waals surface area contributed by atoms with Crippen LogP contribution >= 0.6 is 0 Å². The summed E-state index contributed by atoms with van der Waals surface area (Å²) in [6.07, 6.45) is 0. The summed E-state index contributed by atoms with van der Waals surface area (Å²) in [4.78, 5) is 2.48. The number of likely N-dealkylation sites (N-methyl/N-ethyl adjacent to an activating group) is 1. The van der Waals surface area contributed by atoms with Crippen LogP contribution in [-0.4, -0.2) is 40.6 Å². The normalized spacial score (nSPS) is 16.4. The van der Waals surface area contributed by atoms with Gasteiger partial charge in [0.2, 0.25) is 10.0 Å². The minimum Gasteiger partial charge on any atom is -0.369 e. The molecule has 1 aromatic carbocycles. The smallest absolute Gasteiger partial charge is 0.240 e. The highest BCUT2D eigenvalue weighted by Crippen LogP contribution is 2.20. The van der Waals surface area contributed by atoms with Crippen molar-refractivity contribution >= 4 is 15.7 Å². The quantitative estimate of drug-likeness (QED) is 0.838. The first kappa shape index (κ1) is 14.3. The maximum Gasteiger partial charge on any atom is 0.240 e. The Hall–Kier alpha value is -1.11. The first-order chi connectivity index (χ1) is 8.90. The second-order valence-electron chi connectivity index (χ2n) is 5.19. The van der Waals surface area contributed by atoms with Gasteiger partial charge in [0.15, 0.2) is 0 Å². The molecule has 1 aliphatic heterocycles. The van der Waals surface area contributed by atoms with E-state index in [0.717, 1.165) is 18.8 Å². The SMILES string of the molecule is CC(C)NS(=O)(=O)c1ccc(N(C)C2CNC2)cc1. The van der Waals surface area contributed by atoms with E-state index in [1.807, 2.05) is 33.0 Å². The summed E-state index contributed by atoms with van der Waals surface area (Å²) >= 11 is 0. The van der Waals surface area contributed by atoms with E-state index >= 15 is 0 Å². The van der Waals surface area contributed by atoms with E-state index in [0.29, 0.717) is 10.9 Å². The minimum atomic E-state index is -3.39. The van der Waals surface area contributed by atoms with Gasteiger partial charge in [-0.25, -0.2) is 13.1 Å². The van der Waals surface area contributed by atoms with Crippen LogP contribution in [0.5, 0.6) is 0 Å². The fraction of sp³-hybridized carbons (Fsp3) is 0.538. The van der Waals surface area contributed by atoms with Gasteiger partial charge in [0.05, 0.1) is 10.9 Å². The third-order valence-corrected chi connectivity index (χ3v) is 4.93. The number of hydrogen-bond acceptors (Lipinski definition) is 4. The first-order valence-electron chi connectivity index (χ1n) is 6.46. The molecule has 1 heterocycles. The van der Waals surface area contributed by atoms with E-state index < -0.39 is 10.0 Å². The van der Waals surface area contributed by atoms with E-state index in [1.54, 1.807) is 12.1 Å². The van der Waals surface area contributed by atoms with Crippen LogP contribution in [0.25, 0.3) is 0 Å². The van der Waals surface area contributed by atoms with Gasteiger partial charge in [0, 0.05) is 31.9 Å². The maximum atomic E-state index is 12.0. The van der Waals surface area contributed by atoms with Crippen molar-refractivity contribution < 1.29 is 8.42 Å². The van der Waals surface area contributed by atoms with E-state index in [9.17, 15) is 8.42 Å². The Kier molecular flexibility index (Phi) is 4.13. The van der Waals surface area contributed by atoms with Gasteiger partial charge in [0.1, 0.15) is 0 Å². The molecular weight excluding hydrogens is 262 g/mol. The number of anilines is 1. The lowest BCUT2D eigenvalue weighted by Gasteiger charge is -2.37. The average molecular weight is 283 g/mol. The molecule has 0 radical (unpaired) electrons. The van der Waals surface area contributed by atoms with Gasteiger partial charge in [0.25, 0.3) is 0 Å². The Bertz CT molecular complexity index is 521. The molecule has 0 bridgehead atoms. The zero-order valence-corrected chi connectivity index (χ0v) is 12.4. The van der Waals surface area contributed by atoms with Crippen molar-refractivity contribution in [3.8, 4) is 0 Å². The van der Waals surface area contributed by atoms with Gasteiger partial charge in [-0.1, -0.05) is 0 Å². The second-order valence-corrected chi connectivity index (χ2v) is 6.91. The molecule has 1 fully saturated rings. The first-order valence-corrected chi connectivity index (χ1v) is 7.94. The van der Waals surface area contributed by atoms with Crippen molar-refractivity contribution in [2.24, 2.45) is 0 Å². The Morgan fingerprint density at radius 2 is 1.84 bits per heavy atom. The highest BCUT2D eigenvalue weighted by atomic mass is 32.2. The Balaban J connectivity index is 2.13. The molecule has 0 amide bonds. The summed E-state index contributed by atoms with van der Waals surface area (Å²) in [6, 6.07) is 7.41. The molecule has 0 unspecified atom stereocenters. The minimum absolute atomic E-state index is 0.103. The predicted octanol–water partition coefficient (Wildman–Crippen LogP) is 0.781. The molecule has 2 N–H and O–H groups in total. The Morgan fingerprint density at radius 3 is 2.26 bits per heavy atom. The molecular formula is C13H21N3O2S. The van der Waals surface area contributed by atoms with Crippen LogP contribution < -0.4 is 14.9 Å². The molecule has 1 aliphatic rings. The van der Waals surface area contributed by atoms with Crippen LogP contribution in [0, 0.1) is 0 Å². The van der Waals surface area contributed by atoms with Gasteiger partial charge in [-0.05, 0) is 38.1 Å². The topological polar surface area (TPSA) is 61.4 Å². The van der Waals surface area contributed by atoms with Gasteiger partial charge in [-0.3, -0.25) is 0 Å². The van der Waals surface area contributed by atoms with E-state index in [-0.39, 0.29) is 6.04 Å². The zero-order chi connectivity index (χ0) is 14.0. The third kappa shape index (κ3) is 3.26. The molecule has 6 heteroatoms.